The van der Waals surface area contributed by atoms with Crippen LogP contribution in [0.1, 0.15) is 49.5 Å². The zero-order valence-corrected chi connectivity index (χ0v) is 24.5. The Morgan fingerprint density at radius 3 is 2.24 bits per heavy atom. The van der Waals surface area contributed by atoms with Gasteiger partial charge < -0.3 is 25.4 Å². The molecular weight excluding hydrogens is 558 g/mol. The van der Waals surface area contributed by atoms with Crippen molar-refractivity contribution in [2.24, 2.45) is 5.92 Å². The Morgan fingerprint density at radius 1 is 0.905 bits per heavy atom. The van der Waals surface area contributed by atoms with Crippen molar-refractivity contribution in [3.63, 3.8) is 0 Å². The van der Waals surface area contributed by atoms with E-state index in [-0.39, 0.29) is 12.1 Å². The number of amides is 3. The number of benzene rings is 3. The highest BCUT2D eigenvalue weighted by atomic mass is 35.5. The summed E-state index contributed by atoms with van der Waals surface area (Å²) in [5.74, 6) is -2.11. The maximum atomic E-state index is 13.3. The van der Waals surface area contributed by atoms with Gasteiger partial charge in [0.25, 0.3) is 0 Å². The molecule has 10 heteroatoms. The first-order valence-corrected chi connectivity index (χ1v) is 14.1. The van der Waals surface area contributed by atoms with E-state index in [1.807, 2.05) is 30.3 Å². The van der Waals surface area contributed by atoms with Crippen molar-refractivity contribution in [3.8, 4) is 5.75 Å². The van der Waals surface area contributed by atoms with Crippen molar-refractivity contribution in [1.82, 2.24) is 5.32 Å². The van der Waals surface area contributed by atoms with E-state index in [2.05, 4.69) is 16.0 Å². The summed E-state index contributed by atoms with van der Waals surface area (Å²) in [4.78, 5) is 51.5. The molecule has 9 nitrogen and oxygen atoms in total. The average molecular weight is 592 g/mol. The molecule has 0 unspecified atom stereocenters. The monoisotopic (exact) mass is 591 g/mol. The smallest absolute Gasteiger partial charge is 0.338 e. The number of esters is 1. The van der Waals surface area contributed by atoms with E-state index in [1.54, 1.807) is 45.0 Å². The lowest BCUT2D eigenvalue weighted by Crippen LogP contribution is -2.48. The molecule has 0 spiro atoms. The van der Waals surface area contributed by atoms with Gasteiger partial charge >= 0.3 is 17.8 Å². The third-order valence-electron chi connectivity index (χ3n) is 6.26. The Morgan fingerprint density at radius 2 is 1.60 bits per heavy atom. The van der Waals surface area contributed by atoms with Gasteiger partial charge in [0.05, 0.1) is 17.9 Å². The molecule has 1 aliphatic rings. The van der Waals surface area contributed by atoms with Gasteiger partial charge in [-0.3, -0.25) is 14.4 Å². The van der Waals surface area contributed by atoms with Crippen LogP contribution in [0.2, 0.25) is 5.02 Å². The molecule has 3 aromatic rings. The molecule has 0 saturated heterocycles. The van der Waals surface area contributed by atoms with E-state index < -0.39 is 35.3 Å². The molecule has 220 valence electrons. The number of anilines is 2. The number of hydrogen-bond acceptors (Lipinski definition) is 6. The number of carbonyl (C=O) groups excluding carboxylic acids is 4. The Labute approximate surface area is 249 Å². The van der Waals surface area contributed by atoms with Gasteiger partial charge in [-0.15, -0.1) is 0 Å². The van der Waals surface area contributed by atoms with Gasteiger partial charge in [0.1, 0.15) is 17.4 Å². The standard InChI is InChI=1S/C32H34ClN3O6/c1-32(2,3)42-31(40)22-11-14-24(15-12-22)34-28(37)26(17-20-7-5-4-6-8-20)36-30(39)29(38)35-25-18-23(33)13-16-27(25)41-19-21-9-10-21/h4-8,11-16,18,21,26H,9-10,17,19H2,1-3H3,(H,34,37)(H,35,38)(H,36,39)/t26-/m0/s1. The van der Waals surface area contributed by atoms with Gasteiger partial charge in [-0.2, -0.15) is 0 Å². The predicted molar refractivity (Wildman–Crippen MR) is 161 cm³/mol. The second-order valence-electron chi connectivity index (χ2n) is 11.1. The number of carbonyl (C=O) groups is 4. The second kappa shape index (κ2) is 13.5. The molecule has 1 atom stereocenters. The van der Waals surface area contributed by atoms with E-state index in [0.717, 1.165) is 18.4 Å². The van der Waals surface area contributed by atoms with Crippen LogP contribution >= 0.6 is 11.6 Å². The van der Waals surface area contributed by atoms with Crippen molar-refractivity contribution in [2.45, 2.75) is 51.7 Å². The van der Waals surface area contributed by atoms with Gasteiger partial charge in [-0.25, -0.2) is 4.79 Å². The third-order valence-corrected chi connectivity index (χ3v) is 6.49. The lowest BCUT2D eigenvalue weighted by Gasteiger charge is -2.20. The molecular formula is C32H34ClN3O6. The molecule has 0 radical (unpaired) electrons. The van der Waals surface area contributed by atoms with Crippen molar-refractivity contribution in [3.05, 3.63) is 88.9 Å². The van der Waals surface area contributed by atoms with Crippen molar-refractivity contribution >= 4 is 46.7 Å². The van der Waals surface area contributed by atoms with Gasteiger partial charge in [0.2, 0.25) is 5.91 Å². The minimum atomic E-state index is -1.08. The molecule has 42 heavy (non-hydrogen) atoms. The summed E-state index contributed by atoms with van der Waals surface area (Å²) in [6, 6.07) is 19.0. The SMILES string of the molecule is CC(C)(C)OC(=O)c1ccc(NC(=O)[C@H](Cc2ccccc2)NC(=O)C(=O)Nc2cc(Cl)ccc2OCC2CC2)cc1. The number of nitrogens with one attached hydrogen (secondary N) is 3. The van der Waals surface area contributed by atoms with Crippen LogP contribution in [-0.2, 0) is 25.5 Å². The predicted octanol–water partition coefficient (Wildman–Crippen LogP) is 5.39. The fourth-order valence-electron chi connectivity index (χ4n) is 3.94. The molecule has 0 aliphatic heterocycles. The Balaban J connectivity index is 1.44. The van der Waals surface area contributed by atoms with Crippen LogP contribution in [0.15, 0.2) is 72.8 Å². The molecule has 3 N–H and O–H groups in total. The number of halogens is 1. The lowest BCUT2D eigenvalue weighted by molar-refractivity contribution is -0.137. The molecule has 1 saturated carbocycles. The number of ether oxygens (including phenoxy) is 2. The van der Waals surface area contributed by atoms with E-state index in [9.17, 15) is 19.2 Å². The van der Waals surface area contributed by atoms with Crippen molar-refractivity contribution < 1.29 is 28.7 Å². The lowest BCUT2D eigenvalue weighted by atomic mass is 10.0. The second-order valence-corrected chi connectivity index (χ2v) is 11.6. The van der Waals surface area contributed by atoms with E-state index >= 15 is 0 Å². The highest BCUT2D eigenvalue weighted by Crippen LogP contribution is 2.33. The quantitative estimate of drug-likeness (QED) is 0.215. The summed E-state index contributed by atoms with van der Waals surface area (Å²) in [7, 11) is 0. The molecule has 0 heterocycles. The third kappa shape index (κ3) is 9.34. The number of rotatable bonds is 10. The minimum Gasteiger partial charge on any atom is -0.491 e. The summed E-state index contributed by atoms with van der Waals surface area (Å²) >= 11 is 6.12. The Bertz CT molecular complexity index is 1430. The normalized spacial score (nSPS) is 13.4. The fourth-order valence-corrected chi connectivity index (χ4v) is 4.11. The Hall–Kier alpha value is -4.37. The van der Waals surface area contributed by atoms with Crippen LogP contribution in [0, 0.1) is 5.92 Å². The maximum absolute atomic E-state index is 13.3. The molecule has 0 bridgehead atoms. The van der Waals surface area contributed by atoms with Crippen LogP contribution in [0.25, 0.3) is 0 Å². The molecule has 3 amide bonds. The van der Waals surface area contributed by atoms with E-state index in [0.29, 0.717) is 34.5 Å². The topological polar surface area (TPSA) is 123 Å². The Kier molecular flexibility index (Phi) is 9.85. The summed E-state index contributed by atoms with van der Waals surface area (Å²) in [6.45, 7) is 5.84. The summed E-state index contributed by atoms with van der Waals surface area (Å²) in [6.07, 6.45) is 2.32. The first-order chi connectivity index (χ1) is 20.0. The molecule has 3 aromatic carbocycles. The molecule has 1 aliphatic carbocycles. The van der Waals surface area contributed by atoms with Gasteiger partial charge in [0, 0.05) is 17.1 Å². The van der Waals surface area contributed by atoms with Crippen LogP contribution in [-0.4, -0.2) is 41.9 Å². The first kappa shape index (κ1) is 30.6. The van der Waals surface area contributed by atoms with Gasteiger partial charge in [-0.1, -0.05) is 41.9 Å². The number of hydrogen-bond donors (Lipinski definition) is 3. The highest BCUT2D eigenvalue weighted by molar-refractivity contribution is 6.40. The van der Waals surface area contributed by atoms with Crippen LogP contribution in [0.4, 0.5) is 11.4 Å². The molecule has 4 rings (SSSR count). The largest absolute Gasteiger partial charge is 0.491 e. The first-order valence-electron chi connectivity index (χ1n) is 13.7. The van der Waals surface area contributed by atoms with Gasteiger partial charge in [0.15, 0.2) is 0 Å². The van der Waals surface area contributed by atoms with Crippen LogP contribution in [0.5, 0.6) is 5.75 Å². The van der Waals surface area contributed by atoms with Gasteiger partial charge in [-0.05, 0) is 87.6 Å². The highest BCUT2D eigenvalue weighted by Gasteiger charge is 2.27. The van der Waals surface area contributed by atoms with Crippen molar-refractivity contribution in [1.29, 1.82) is 0 Å². The summed E-state index contributed by atoms with van der Waals surface area (Å²) < 4.78 is 11.2. The van der Waals surface area contributed by atoms with E-state index in [4.69, 9.17) is 21.1 Å². The van der Waals surface area contributed by atoms with Crippen LogP contribution in [0.3, 0.4) is 0 Å². The minimum absolute atomic E-state index is 0.134. The zero-order chi connectivity index (χ0) is 30.3. The summed E-state index contributed by atoms with van der Waals surface area (Å²) in [5, 5.41) is 8.20. The zero-order valence-electron chi connectivity index (χ0n) is 23.7. The summed E-state index contributed by atoms with van der Waals surface area (Å²) in [5.41, 5.74) is 1.13. The van der Waals surface area contributed by atoms with Crippen molar-refractivity contribution in [2.75, 3.05) is 17.2 Å². The molecule has 1 fully saturated rings. The molecule has 0 aromatic heterocycles. The average Bonchev–Trinajstić information content (AvgIpc) is 3.77. The van der Waals surface area contributed by atoms with Crippen LogP contribution < -0.4 is 20.7 Å². The van der Waals surface area contributed by atoms with E-state index in [1.165, 1.54) is 18.2 Å². The maximum Gasteiger partial charge on any atom is 0.338 e. The fraction of sp³-hybridized carbons (Fsp3) is 0.312.